The number of aryl methyl sites for hydroxylation is 1. The van der Waals surface area contributed by atoms with Crippen LogP contribution in [0.1, 0.15) is 40.8 Å². The smallest absolute Gasteiger partial charge is 0.417 e. The highest BCUT2D eigenvalue weighted by atomic mass is 127. The van der Waals surface area contributed by atoms with Crippen LogP contribution in [0, 0.1) is 0 Å². The lowest BCUT2D eigenvalue weighted by atomic mass is 9.98. The third kappa shape index (κ3) is 5.14. The van der Waals surface area contributed by atoms with Crippen molar-refractivity contribution in [2.45, 2.75) is 42.8 Å². The minimum absolute atomic E-state index is 0.0312. The first-order valence-electron chi connectivity index (χ1n) is 9.34. The van der Waals surface area contributed by atoms with Gasteiger partial charge in [-0.2, -0.15) is 13.2 Å². The topological polar surface area (TPSA) is 73.7 Å². The van der Waals surface area contributed by atoms with Crippen LogP contribution in [0.5, 0.6) is 11.5 Å². The van der Waals surface area contributed by atoms with E-state index in [9.17, 15) is 28.2 Å². The van der Waals surface area contributed by atoms with Gasteiger partial charge in [0, 0.05) is 35.8 Å². The number of hydrogen-bond donors (Lipinski definition) is 2. The summed E-state index contributed by atoms with van der Waals surface area (Å²) in [6.07, 6.45) is -2.24. The Morgan fingerprint density at radius 1 is 1.19 bits per heavy atom. The van der Waals surface area contributed by atoms with E-state index in [1.807, 2.05) is 22.6 Å². The molecule has 1 aromatic heterocycles. The van der Waals surface area contributed by atoms with Crippen LogP contribution in [0.15, 0.2) is 12.3 Å². The predicted molar refractivity (Wildman–Crippen MR) is 119 cm³/mol. The van der Waals surface area contributed by atoms with Gasteiger partial charge in [-0.15, -0.1) is 0 Å². The molecule has 0 saturated heterocycles. The number of halogens is 6. The number of aromatic nitrogens is 1. The van der Waals surface area contributed by atoms with E-state index in [0.29, 0.717) is 52.6 Å². The molecular weight excluding hydrogens is 571 g/mol. The predicted octanol–water partition coefficient (Wildman–Crippen LogP) is 5.66. The molecule has 11 heteroatoms. The van der Waals surface area contributed by atoms with Gasteiger partial charge in [0.25, 0.3) is 0 Å². The van der Waals surface area contributed by atoms with Crippen molar-refractivity contribution in [2.24, 2.45) is 0 Å². The van der Waals surface area contributed by atoms with Gasteiger partial charge in [-0.05, 0) is 42.0 Å². The zero-order valence-electron chi connectivity index (χ0n) is 16.1. The van der Waals surface area contributed by atoms with Crippen molar-refractivity contribution in [2.75, 3.05) is 6.54 Å². The Morgan fingerprint density at radius 3 is 2.45 bits per heavy atom. The summed E-state index contributed by atoms with van der Waals surface area (Å²) in [4.78, 5) is 18.2. The largest absolute Gasteiger partial charge is 0.503 e. The van der Waals surface area contributed by atoms with Crippen LogP contribution >= 0.6 is 45.8 Å². The van der Waals surface area contributed by atoms with Gasteiger partial charge < -0.3 is 15.1 Å². The number of benzene rings is 1. The molecule has 168 valence electrons. The summed E-state index contributed by atoms with van der Waals surface area (Å²) in [5.74, 6) is -1.13. The minimum atomic E-state index is -4.44. The Bertz CT molecular complexity index is 1020. The lowest BCUT2D eigenvalue weighted by Crippen LogP contribution is -2.36. The number of fused-ring (bicyclic) bond motifs is 1. The third-order valence-corrected chi connectivity index (χ3v) is 6.84. The fourth-order valence-electron chi connectivity index (χ4n) is 3.51. The summed E-state index contributed by atoms with van der Waals surface area (Å²) in [6, 6.07) is 1.10. The maximum absolute atomic E-state index is 12.9. The lowest BCUT2D eigenvalue weighted by molar-refractivity contribution is -0.138. The molecule has 1 aliphatic heterocycles. The number of carbonyl (C=O) groups is 1. The molecule has 0 fully saturated rings. The van der Waals surface area contributed by atoms with Crippen LogP contribution < -0.4 is 0 Å². The van der Waals surface area contributed by atoms with Gasteiger partial charge in [0.1, 0.15) is 0 Å². The van der Waals surface area contributed by atoms with Crippen molar-refractivity contribution in [3.05, 3.63) is 50.3 Å². The van der Waals surface area contributed by atoms with E-state index in [4.69, 9.17) is 23.2 Å². The van der Waals surface area contributed by atoms with E-state index in [0.717, 1.165) is 12.3 Å². The standard InChI is InChI=1S/C20H18Cl2F3IN2O3/c21-16-12-4-5-28(9-13(12)17(22)19(31)18(16)30)15(29)3-1-2-14-10(7-26)6-11(8-27-14)20(23,24)25/h6,8,30-31H,1-5,7,9H2. The van der Waals surface area contributed by atoms with Crippen LogP contribution in [-0.2, 0) is 34.8 Å². The van der Waals surface area contributed by atoms with Gasteiger partial charge in [0.15, 0.2) is 11.5 Å². The van der Waals surface area contributed by atoms with Crippen molar-refractivity contribution >= 4 is 51.7 Å². The Kier molecular flexibility index (Phi) is 7.47. The number of amides is 1. The average molecular weight is 589 g/mol. The minimum Gasteiger partial charge on any atom is -0.503 e. The number of phenolic OH excluding ortho intramolecular Hbond substituents is 2. The quantitative estimate of drug-likeness (QED) is 0.268. The van der Waals surface area contributed by atoms with Crippen molar-refractivity contribution in [3.8, 4) is 11.5 Å². The number of nitrogens with zero attached hydrogens (tertiary/aromatic N) is 2. The normalized spacial score (nSPS) is 13.9. The average Bonchev–Trinajstić information content (AvgIpc) is 2.75. The second-order valence-electron chi connectivity index (χ2n) is 7.16. The Labute approximate surface area is 200 Å². The number of carbonyl (C=O) groups excluding carboxylic acids is 1. The number of phenols is 2. The summed E-state index contributed by atoms with van der Waals surface area (Å²) < 4.78 is 39.0. The monoisotopic (exact) mass is 588 g/mol. The van der Waals surface area contributed by atoms with Crippen LogP contribution in [-0.4, -0.2) is 32.5 Å². The second kappa shape index (κ2) is 9.58. The molecule has 1 aromatic carbocycles. The summed E-state index contributed by atoms with van der Waals surface area (Å²) in [7, 11) is 0. The Morgan fingerprint density at radius 2 is 1.84 bits per heavy atom. The molecule has 2 heterocycles. The summed E-state index contributed by atoms with van der Waals surface area (Å²) in [6.45, 7) is 0.529. The van der Waals surface area contributed by atoms with Crippen molar-refractivity contribution in [3.63, 3.8) is 0 Å². The van der Waals surface area contributed by atoms with Crippen LogP contribution in [0.2, 0.25) is 10.0 Å². The van der Waals surface area contributed by atoms with Gasteiger partial charge in [-0.3, -0.25) is 9.78 Å². The highest BCUT2D eigenvalue weighted by Gasteiger charge is 2.32. The number of aromatic hydroxyl groups is 2. The van der Waals surface area contributed by atoms with E-state index in [1.165, 1.54) is 0 Å². The summed E-state index contributed by atoms with van der Waals surface area (Å²) in [5.41, 5.74) is 1.38. The molecule has 0 aliphatic carbocycles. The van der Waals surface area contributed by atoms with Gasteiger partial charge in [0.2, 0.25) is 5.91 Å². The van der Waals surface area contributed by atoms with Crippen LogP contribution in [0.25, 0.3) is 0 Å². The van der Waals surface area contributed by atoms with Crippen molar-refractivity contribution in [1.82, 2.24) is 9.88 Å². The van der Waals surface area contributed by atoms with E-state index < -0.39 is 23.2 Å². The highest BCUT2D eigenvalue weighted by molar-refractivity contribution is 14.1. The molecule has 3 rings (SSSR count). The molecule has 0 spiro atoms. The van der Waals surface area contributed by atoms with Crippen LogP contribution in [0.4, 0.5) is 13.2 Å². The Balaban J connectivity index is 1.64. The zero-order chi connectivity index (χ0) is 22.9. The first-order valence-corrected chi connectivity index (χ1v) is 11.6. The number of pyridine rings is 1. The molecule has 0 atom stereocenters. The second-order valence-corrected chi connectivity index (χ2v) is 8.68. The molecule has 2 aromatic rings. The first kappa shape index (κ1) is 24.2. The van der Waals surface area contributed by atoms with E-state index in [2.05, 4.69) is 4.98 Å². The van der Waals surface area contributed by atoms with Gasteiger partial charge >= 0.3 is 6.18 Å². The molecule has 0 radical (unpaired) electrons. The molecule has 2 N–H and O–H groups in total. The van der Waals surface area contributed by atoms with Gasteiger partial charge in [0.05, 0.1) is 15.6 Å². The molecule has 0 unspecified atom stereocenters. The third-order valence-electron chi connectivity index (χ3n) is 5.20. The number of alkyl halides is 4. The van der Waals surface area contributed by atoms with E-state index >= 15 is 0 Å². The van der Waals surface area contributed by atoms with Crippen molar-refractivity contribution in [1.29, 1.82) is 0 Å². The number of hydrogen-bond acceptors (Lipinski definition) is 4. The SMILES string of the molecule is O=C(CCCc1ncc(C(F)(F)F)cc1CI)N1CCc2c(Cl)c(O)c(O)c(Cl)c2C1. The van der Waals surface area contributed by atoms with Gasteiger partial charge in [-0.25, -0.2) is 0 Å². The highest BCUT2D eigenvalue weighted by Crippen LogP contribution is 2.46. The molecule has 31 heavy (non-hydrogen) atoms. The van der Waals surface area contributed by atoms with Crippen molar-refractivity contribution < 1.29 is 28.2 Å². The lowest BCUT2D eigenvalue weighted by Gasteiger charge is -2.30. The molecule has 0 saturated carbocycles. The molecular formula is C20H18Cl2F3IN2O3. The molecule has 1 amide bonds. The molecule has 1 aliphatic rings. The maximum Gasteiger partial charge on any atom is 0.417 e. The zero-order valence-corrected chi connectivity index (χ0v) is 19.7. The fraction of sp³-hybridized carbons (Fsp3) is 0.400. The number of rotatable bonds is 5. The van der Waals surface area contributed by atoms with Gasteiger partial charge in [-0.1, -0.05) is 45.8 Å². The fourth-order valence-corrected chi connectivity index (χ4v) is 4.74. The maximum atomic E-state index is 12.9. The van der Waals surface area contributed by atoms with E-state index in [1.54, 1.807) is 4.90 Å². The molecule has 0 bridgehead atoms. The summed E-state index contributed by atoms with van der Waals surface area (Å²) >= 11 is 14.2. The van der Waals surface area contributed by atoms with Crippen LogP contribution in [0.3, 0.4) is 0 Å². The summed E-state index contributed by atoms with van der Waals surface area (Å²) in [5, 5.41) is 19.7. The molecule has 5 nitrogen and oxygen atoms in total. The Hall–Kier alpha value is -1.46. The van der Waals surface area contributed by atoms with E-state index in [-0.39, 0.29) is 28.9 Å². The first-order chi connectivity index (χ1) is 14.5.